The number of halogens is 4. The molecule has 5 nitrogen and oxygen atoms in total. The molecule has 0 atom stereocenters. The quantitative estimate of drug-likeness (QED) is 0.662. The predicted molar refractivity (Wildman–Crippen MR) is 94.0 cm³/mol. The second-order valence-corrected chi connectivity index (χ2v) is 5.92. The van der Waals surface area contributed by atoms with Crippen molar-refractivity contribution in [2.24, 2.45) is 0 Å². The van der Waals surface area contributed by atoms with E-state index in [4.69, 9.17) is 16.9 Å². The minimum absolute atomic E-state index is 0.133. The van der Waals surface area contributed by atoms with E-state index in [2.05, 4.69) is 15.0 Å². The van der Waals surface area contributed by atoms with Gasteiger partial charge >= 0.3 is 6.18 Å². The zero-order valence-corrected chi connectivity index (χ0v) is 14.3. The van der Waals surface area contributed by atoms with E-state index in [-0.39, 0.29) is 27.7 Å². The molecule has 27 heavy (non-hydrogen) atoms. The van der Waals surface area contributed by atoms with Crippen molar-refractivity contribution in [2.45, 2.75) is 6.18 Å². The molecule has 0 saturated heterocycles. The fourth-order valence-corrected chi connectivity index (χ4v) is 2.74. The minimum atomic E-state index is -4.52. The van der Waals surface area contributed by atoms with Gasteiger partial charge in [-0.25, -0.2) is 0 Å². The maximum Gasteiger partial charge on any atom is 0.422 e. The first kappa shape index (κ1) is 18.6. The number of nitriles is 1. The van der Waals surface area contributed by atoms with Crippen LogP contribution in [0.3, 0.4) is 0 Å². The van der Waals surface area contributed by atoms with E-state index in [9.17, 15) is 18.0 Å². The lowest BCUT2D eigenvalue weighted by Gasteiger charge is -2.11. The highest BCUT2D eigenvalue weighted by Gasteiger charge is 2.29. The standard InChI is InChI=1S/C18H11ClF3N3O2/c19-15-12-3-1-2-4-13(12)25-16(15)17(26)24-11-5-6-14(10(7-11)8-23)27-9-18(20,21)22/h1-7,25H,9H2,(H,24,26). The van der Waals surface area contributed by atoms with Crippen molar-refractivity contribution in [1.82, 2.24) is 4.98 Å². The van der Waals surface area contributed by atoms with E-state index < -0.39 is 18.7 Å². The highest BCUT2D eigenvalue weighted by Crippen LogP contribution is 2.29. The highest BCUT2D eigenvalue weighted by molar-refractivity contribution is 6.39. The zero-order chi connectivity index (χ0) is 19.6. The number of nitrogens with one attached hydrogen (secondary N) is 2. The molecule has 0 fully saturated rings. The molecule has 0 unspecified atom stereocenters. The van der Waals surface area contributed by atoms with Crippen LogP contribution in [0.4, 0.5) is 18.9 Å². The number of aromatic nitrogens is 1. The Balaban J connectivity index is 1.81. The molecule has 3 aromatic rings. The van der Waals surface area contributed by atoms with Gasteiger partial charge in [-0.2, -0.15) is 18.4 Å². The van der Waals surface area contributed by atoms with Crippen LogP contribution in [-0.2, 0) is 0 Å². The van der Waals surface area contributed by atoms with E-state index >= 15 is 0 Å². The molecule has 138 valence electrons. The molecular formula is C18H11ClF3N3O2. The Morgan fingerprint density at radius 3 is 2.67 bits per heavy atom. The van der Waals surface area contributed by atoms with Gasteiger partial charge < -0.3 is 15.0 Å². The molecule has 0 saturated carbocycles. The third kappa shape index (κ3) is 4.15. The van der Waals surface area contributed by atoms with E-state index in [0.717, 1.165) is 0 Å². The SMILES string of the molecule is N#Cc1cc(NC(=O)c2[nH]c3ccccc3c2Cl)ccc1OCC(F)(F)F. The first-order chi connectivity index (χ1) is 12.8. The van der Waals surface area contributed by atoms with Gasteiger partial charge in [-0.1, -0.05) is 29.8 Å². The number of amides is 1. The van der Waals surface area contributed by atoms with Crippen molar-refractivity contribution >= 4 is 34.1 Å². The molecule has 1 amide bonds. The van der Waals surface area contributed by atoms with Crippen LogP contribution in [0.1, 0.15) is 16.1 Å². The molecule has 2 aromatic carbocycles. The van der Waals surface area contributed by atoms with Crippen LogP contribution in [0.15, 0.2) is 42.5 Å². The third-order valence-electron chi connectivity index (χ3n) is 3.62. The van der Waals surface area contributed by atoms with Gasteiger partial charge in [-0.3, -0.25) is 4.79 Å². The minimum Gasteiger partial charge on any atom is -0.483 e. The number of carbonyl (C=O) groups excluding carboxylic acids is 1. The van der Waals surface area contributed by atoms with Crippen LogP contribution in [0.25, 0.3) is 10.9 Å². The van der Waals surface area contributed by atoms with Gasteiger partial charge in [-0.05, 0) is 24.3 Å². The number of nitrogens with zero attached hydrogens (tertiary/aromatic N) is 1. The number of H-pyrrole nitrogens is 1. The summed E-state index contributed by atoms with van der Waals surface area (Å²) in [6, 6.07) is 12.6. The number of fused-ring (bicyclic) bond motifs is 1. The fraction of sp³-hybridized carbons (Fsp3) is 0.111. The van der Waals surface area contributed by atoms with Gasteiger partial charge in [0, 0.05) is 16.6 Å². The lowest BCUT2D eigenvalue weighted by molar-refractivity contribution is -0.153. The number of para-hydroxylation sites is 1. The Bertz CT molecular complexity index is 1050. The summed E-state index contributed by atoms with van der Waals surface area (Å²) in [5.41, 5.74) is 0.889. The van der Waals surface area contributed by atoms with E-state index in [1.807, 2.05) is 0 Å². The highest BCUT2D eigenvalue weighted by atomic mass is 35.5. The molecule has 9 heteroatoms. The molecular weight excluding hydrogens is 383 g/mol. The molecule has 1 aromatic heterocycles. The number of hydrogen-bond donors (Lipinski definition) is 2. The van der Waals surface area contributed by atoms with Gasteiger partial charge in [0.1, 0.15) is 17.5 Å². The topological polar surface area (TPSA) is 77.9 Å². The van der Waals surface area contributed by atoms with Gasteiger partial charge in [0.25, 0.3) is 5.91 Å². The molecule has 3 rings (SSSR count). The molecule has 0 aliphatic carbocycles. The number of rotatable bonds is 4. The van der Waals surface area contributed by atoms with E-state index in [1.54, 1.807) is 30.3 Å². The number of anilines is 1. The van der Waals surface area contributed by atoms with E-state index in [1.165, 1.54) is 18.2 Å². The van der Waals surface area contributed by atoms with Crippen molar-refractivity contribution in [3.05, 3.63) is 58.7 Å². The van der Waals surface area contributed by atoms with E-state index in [0.29, 0.717) is 10.9 Å². The second-order valence-electron chi connectivity index (χ2n) is 5.54. The Morgan fingerprint density at radius 2 is 2.00 bits per heavy atom. The number of ether oxygens (including phenoxy) is 1. The molecule has 1 heterocycles. The summed E-state index contributed by atoms with van der Waals surface area (Å²) in [6.07, 6.45) is -4.52. The number of alkyl halides is 3. The lowest BCUT2D eigenvalue weighted by Crippen LogP contribution is -2.19. The third-order valence-corrected chi connectivity index (χ3v) is 4.01. The normalized spacial score (nSPS) is 11.2. The Morgan fingerprint density at radius 1 is 1.26 bits per heavy atom. The van der Waals surface area contributed by atoms with Crippen LogP contribution in [0.2, 0.25) is 5.02 Å². The monoisotopic (exact) mass is 393 g/mol. The van der Waals surface area contributed by atoms with Crippen molar-refractivity contribution in [3.63, 3.8) is 0 Å². The van der Waals surface area contributed by atoms with Crippen molar-refractivity contribution in [3.8, 4) is 11.8 Å². The second kappa shape index (κ2) is 7.21. The summed E-state index contributed by atoms with van der Waals surface area (Å²) < 4.78 is 41.4. The molecule has 0 aliphatic rings. The van der Waals surface area contributed by atoms with Gasteiger partial charge in [0.05, 0.1) is 10.6 Å². The summed E-state index contributed by atoms with van der Waals surface area (Å²) in [5.74, 6) is -0.777. The number of aromatic amines is 1. The van der Waals surface area contributed by atoms with Gasteiger partial charge in [0.2, 0.25) is 0 Å². The van der Waals surface area contributed by atoms with Gasteiger partial charge in [0.15, 0.2) is 6.61 Å². The summed E-state index contributed by atoms with van der Waals surface area (Å²) in [5, 5.41) is 12.6. The van der Waals surface area contributed by atoms with Crippen molar-refractivity contribution < 1.29 is 22.7 Å². The van der Waals surface area contributed by atoms with Crippen LogP contribution in [0.5, 0.6) is 5.75 Å². The average Bonchev–Trinajstić information content (AvgIpc) is 2.97. The van der Waals surface area contributed by atoms with Crippen LogP contribution in [-0.4, -0.2) is 23.7 Å². The largest absolute Gasteiger partial charge is 0.483 e. The zero-order valence-electron chi connectivity index (χ0n) is 13.5. The molecule has 0 aliphatic heterocycles. The Hall–Kier alpha value is -3.18. The fourth-order valence-electron chi connectivity index (χ4n) is 2.44. The summed E-state index contributed by atoms with van der Waals surface area (Å²) in [6.45, 7) is -1.52. The molecule has 0 radical (unpaired) electrons. The average molecular weight is 394 g/mol. The summed E-state index contributed by atoms with van der Waals surface area (Å²) in [4.78, 5) is 15.4. The van der Waals surface area contributed by atoms with Crippen LogP contribution >= 0.6 is 11.6 Å². The number of benzene rings is 2. The molecule has 0 bridgehead atoms. The Labute approximate surface area is 156 Å². The maximum absolute atomic E-state index is 12.5. The molecule has 2 N–H and O–H groups in total. The van der Waals surface area contributed by atoms with Crippen molar-refractivity contribution in [1.29, 1.82) is 5.26 Å². The predicted octanol–water partition coefficient (Wildman–Crippen LogP) is 4.89. The number of hydrogen-bond acceptors (Lipinski definition) is 3. The number of carbonyl (C=O) groups is 1. The van der Waals surface area contributed by atoms with Crippen molar-refractivity contribution in [2.75, 3.05) is 11.9 Å². The maximum atomic E-state index is 12.5. The lowest BCUT2D eigenvalue weighted by atomic mass is 10.2. The Kier molecular flexibility index (Phi) is 4.97. The first-order valence-corrected chi connectivity index (χ1v) is 7.97. The first-order valence-electron chi connectivity index (χ1n) is 7.60. The van der Waals surface area contributed by atoms with Crippen LogP contribution in [0, 0.1) is 11.3 Å². The van der Waals surface area contributed by atoms with Crippen LogP contribution < -0.4 is 10.1 Å². The van der Waals surface area contributed by atoms with Gasteiger partial charge in [-0.15, -0.1) is 0 Å². The summed E-state index contributed by atoms with van der Waals surface area (Å²) in [7, 11) is 0. The molecule has 0 spiro atoms. The summed E-state index contributed by atoms with van der Waals surface area (Å²) >= 11 is 6.22. The smallest absolute Gasteiger partial charge is 0.422 e.